The number of hydrogen-bond acceptors (Lipinski definition) is 6. The molecule has 0 saturated heterocycles. The first-order valence-corrected chi connectivity index (χ1v) is 7.29. The van der Waals surface area contributed by atoms with Crippen LogP contribution in [0.3, 0.4) is 0 Å². The van der Waals surface area contributed by atoms with Gasteiger partial charge in [-0.05, 0) is 6.92 Å². The van der Waals surface area contributed by atoms with E-state index in [-0.39, 0.29) is 5.41 Å². The number of nitrogens with one attached hydrogen (secondary N) is 1. The van der Waals surface area contributed by atoms with Gasteiger partial charge in [-0.3, -0.25) is 0 Å². The van der Waals surface area contributed by atoms with Gasteiger partial charge in [0.15, 0.2) is 0 Å². The second-order valence-corrected chi connectivity index (χ2v) is 6.21. The summed E-state index contributed by atoms with van der Waals surface area (Å²) in [5.41, 5.74) is -0.133. The molecule has 0 aliphatic heterocycles. The zero-order chi connectivity index (χ0) is 16.0. The molecular formula is C15H28N4O2. The lowest BCUT2D eigenvalue weighted by molar-refractivity contribution is 0.0694. The maximum Gasteiger partial charge on any atom is 0.138 e. The second kappa shape index (κ2) is 7.56. The number of aliphatic hydroxyl groups excluding tert-OH is 1. The van der Waals surface area contributed by atoms with E-state index in [4.69, 9.17) is 4.74 Å². The van der Waals surface area contributed by atoms with Gasteiger partial charge in [0.2, 0.25) is 0 Å². The molecule has 1 rings (SSSR count). The van der Waals surface area contributed by atoms with E-state index in [1.807, 2.05) is 24.9 Å². The fourth-order valence-electron chi connectivity index (χ4n) is 1.89. The first kappa shape index (κ1) is 17.7. The molecule has 0 radical (unpaired) electrons. The monoisotopic (exact) mass is 296 g/mol. The Kier molecular flexibility index (Phi) is 6.36. The van der Waals surface area contributed by atoms with E-state index >= 15 is 0 Å². The van der Waals surface area contributed by atoms with Gasteiger partial charge in [0.1, 0.15) is 17.5 Å². The molecule has 6 heteroatoms. The van der Waals surface area contributed by atoms with Crippen LogP contribution in [0.25, 0.3) is 0 Å². The van der Waals surface area contributed by atoms with Crippen molar-refractivity contribution in [3.63, 3.8) is 0 Å². The molecule has 2 N–H and O–H groups in total. The summed E-state index contributed by atoms with van der Waals surface area (Å²) >= 11 is 0. The van der Waals surface area contributed by atoms with Crippen molar-refractivity contribution in [3.05, 3.63) is 11.9 Å². The summed E-state index contributed by atoms with van der Waals surface area (Å²) in [6.45, 7) is 9.85. The molecule has 0 spiro atoms. The quantitative estimate of drug-likeness (QED) is 0.797. The van der Waals surface area contributed by atoms with Gasteiger partial charge >= 0.3 is 0 Å². The molecular weight excluding hydrogens is 268 g/mol. The maximum atomic E-state index is 9.86. The van der Waals surface area contributed by atoms with Crippen LogP contribution in [0.2, 0.25) is 0 Å². The highest BCUT2D eigenvalue weighted by Crippen LogP contribution is 2.23. The van der Waals surface area contributed by atoms with Crippen molar-refractivity contribution in [3.8, 4) is 0 Å². The van der Waals surface area contributed by atoms with E-state index in [0.29, 0.717) is 13.2 Å². The van der Waals surface area contributed by atoms with Crippen molar-refractivity contribution in [2.75, 3.05) is 44.1 Å². The minimum Gasteiger partial charge on any atom is -0.389 e. The molecule has 1 aromatic rings. The van der Waals surface area contributed by atoms with Crippen LogP contribution in [0.4, 0.5) is 11.6 Å². The molecule has 0 aromatic carbocycles. The highest BCUT2D eigenvalue weighted by atomic mass is 16.5. The number of aromatic nitrogens is 2. The van der Waals surface area contributed by atoms with Gasteiger partial charge in [-0.25, -0.2) is 9.97 Å². The van der Waals surface area contributed by atoms with Crippen molar-refractivity contribution in [2.45, 2.75) is 39.2 Å². The van der Waals surface area contributed by atoms with Crippen molar-refractivity contribution in [1.82, 2.24) is 9.97 Å². The SMILES string of the molecule is CCNc1cc(N(C)CC(O)COC)nc(C(C)(C)C)n1. The summed E-state index contributed by atoms with van der Waals surface area (Å²) in [6, 6.07) is 1.90. The smallest absolute Gasteiger partial charge is 0.138 e. The molecule has 21 heavy (non-hydrogen) atoms. The Morgan fingerprint density at radius 1 is 1.38 bits per heavy atom. The van der Waals surface area contributed by atoms with E-state index in [1.54, 1.807) is 7.11 Å². The van der Waals surface area contributed by atoms with Gasteiger partial charge in [0, 0.05) is 38.7 Å². The Labute approximate surface area is 127 Å². The third-order valence-electron chi connectivity index (χ3n) is 2.98. The van der Waals surface area contributed by atoms with Gasteiger partial charge in [-0.1, -0.05) is 20.8 Å². The zero-order valence-corrected chi connectivity index (χ0v) is 14.0. The standard InChI is InChI=1S/C15H28N4O2/c1-7-16-12-8-13(18-14(17-12)15(2,3)4)19(5)9-11(20)10-21-6/h8,11,20H,7,9-10H2,1-6H3,(H,16,17,18). The molecule has 6 nitrogen and oxygen atoms in total. The van der Waals surface area contributed by atoms with Gasteiger partial charge < -0.3 is 20.1 Å². The molecule has 1 atom stereocenters. The minimum absolute atomic E-state index is 0.133. The molecule has 1 heterocycles. The predicted molar refractivity (Wildman–Crippen MR) is 86.0 cm³/mol. The normalized spacial score (nSPS) is 13.1. The topological polar surface area (TPSA) is 70.5 Å². The number of aliphatic hydroxyl groups is 1. The van der Waals surface area contributed by atoms with Gasteiger partial charge in [0.05, 0.1) is 12.7 Å². The summed E-state index contributed by atoms with van der Waals surface area (Å²) in [5, 5.41) is 13.1. The number of rotatable bonds is 7. The number of ether oxygens (including phenoxy) is 1. The molecule has 1 unspecified atom stereocenters. The maximum absolute atomic E-state index is 9.86. The highest BCUT2D eigenvalue weighted by molar-refractivity contribution is 5.49. The van der Waals surface area contributed by atoms with Crippen LogP contribution in [0.15, 0.2) is 6.07 Å². The Morgan fingerprint density at radius 2 is 2.05 bits per heavy atom. The Balaban J connectivity index is 3.01. The second-order valence-electron chi connectivity index (χ2n) is 6.21. The van der Waals surface area contributed by atoms with Crippen LogP contribution in [-0.2, 0) is 10.2 Å². The fraction of sp³-hybridized carbons (Fsp3) is 0.733. The predicted octanol–water partition coefficient (Wildman–Crippen LogP) is 1.65. The van der Waals surface area contributed by atoms with E-state index in [1.165, 1.54) is 0 Å². The van der Waals surface area contributed by atoms with Crippen LogP contribution >= 0.6 is 0 Å². The van der Waals surface area contributed by atoms with Crippen molar-refractivity contribution >= 4 is 11.6 Å². The number of likely N-dealkylation sites (N-methyl/N-ethyl adjacent to an activating group) is 1. The minimum atomic E-state index is -0.546. The van der Waals surface area contributed by atoms with Crippen LogP contribution in [0.5, 0.6) is 0 Å². The van der Waals surface area contributed by atoms with E-state index in [9.17, 15) is 5.11 Å². The Bertz CT molecular complexity index is 446. The summed E-state index contributed by atoms with van der Waals surface area (Å²) in [7, 11) is 3.48. The number of anilines is 2. The van der Waals surface area contributed by atoms with Crippen molar-refractivity contribution in [1.29, 1.82) is 0 Å². The summed E-state index contributed by atoms with van der Waals surface area (Å²) in [5.74, 6) is 2.38. The summed E-state index contributed by atoms with van der Waals surface area (Å²) < 4.78 is 4.96. The van der Waals surface area contributed by atoms with E-state index in [2.05, 4.69) is 36.1 Å². The zero-order valence-electron chi connectivity index (χ0n) is 14.0. The van der Waals surface area contributed by atoms with Gasteiger partial charge in [-0.15, -0.1) is 0 Å². The van der Waals surface area contributed by atoms with E-state index in [0.717, 1.165) is 24.0 Å². The van der Waals surface area contributed by atoms with Crippen LogP contribution in [0, 0.1) is 0 Å². The lowest BCUT2D eigenvalue weighted by atomic mass is 9.96. The summed E-state index contributed by atoms with van der Waals surface area (Å²) in [6.07, 6.45) is -0.546. The highest BCUT2D eigenvalue weighted by Gasteiger charge is 2.20. The van der Waals surface area contributed by atoms with Crippen LogP contribution in [0.1, 0.15) is 33.5 Å². The lowest BCUT2D eigenvalue weighted by Gasteiger charge is -2.25. The summed E-state index contributed by atoms with van der Waals surface area (Å²) in [4.78, 5) is 11.1. The average Bonchev–Trinajstić information content (AvgIpc) is 2.38. The molecule has 120 valence electrons. The molecule has 1 aromatic heterocycles. The number of methoxy groups -OCH3 is 1. The molecule has 0 aliphatic rings. The van der Waals surface area contributed by atoms with Gasteiger partial charge in [-0.2, -0.15) is 0 Å². The Hall–Kier alpha value is -1.40. The number of nitrogens with zero attached hydrogens (tertiary/aromatic N) is 3. The third-order valence-corrected chi connectivity index (χ3v) is 2.98. The van der Waals surface area contributed by atoms with E-state index < -0.39 is 6.10 Å². The third kappa shape index (κ3) is 5.47. The van der Waals surface area contributed by atoms with Crippen molar-refractivity contribution in [2.24, 2.45) is 0 Å². The largest absolute Gasteiger partial charge is 0.389 e. The van der Waals surface area contributed by atoms with Crippen molar-refractivity contribution < 1.29 is 9.84 Å². The molecule has 0 fully saturated rings. The van der Waals surface area contributed by atoms with Crippen LogP contribution < -0.4 is 10.2 Å². The van der Waals surface area contributed by atoms with Crippen LogP contribution in [-0.4, -0.2) is 55.0 Å². The average molecular weight is 296 g/mol. The fourth-order valence-corrected chi connectivity index (χ4v) is 1.89. The Morgan fingerprint density at radius 3 is 2.57 bits per heavy atom. The van der Waals surface area contributed by atoms with Gasteiger partial charge in [0.25, 0.3) is 0 Å². The molecule has 0 saturated carbocycles. The molecule has 0 aliphatic carbocycles. The first-order valence-electron chi connectivity index (χ1n) is 7.29. The molecule has 0 bridgehead atoms. The lowest BCUT2D eigenvalue weighted by Crippen LogP contribution is -2.33. The first-order chi connectivity index (χ1) is 9.77. The number of hydrogen-bond donors (Lipinski definition) is 2. The molecule has 0 amide bonds.